The van der Waals surface area contributed by atoms with Gasteiger partial charge in [-0.3, -0.25) is 9.78 Å². The van der Waals surface area contributed by atoms with Crippen LogP contribution in [0.4, 0.5) is 0 Å². The van der Waals surface area contributed by atoms with Crippen LogP contribution in [-0.4, -0.2) is 37.3 Å². The summed E-state index contributed by atoms with van der Waals surface area (Å²) in [6, 6.07) is 6.98. The molecule has 1 aliphatic heterocycles. The van der Waals surface area contributed by atoms with Gasteiger partial charge in [0.05, 0.1) is 16.2 Å². The normalized spacial score (nSPS) is 15.7. The zero-order valence-corrected chi connectivity index (χ0v) is 16.9. The van der Waals surface area contributed by atoms with E-state index >= 15 is 0 Å². The van der Waals surface area contributed by atoms with E-state index in [4.69, 9.17) is 0 Å². The smallest absolute Gasteiger partial charge is 0.255 e. The Hall–Kier alpha value is -2.21. The van der Waals surface area contributed by atoms with Crippen LogP contribution in [0.25, 0.3) is 0 Å². The van der Waals surface area contributed by atoms with Crippen molar-refractivity contribution in [1.82, 2.24) is 9.88 Å². The van der Waals surface area contributed by atoms with E-state index < -0.39 is 9.84 Å². The van der Waals surface area contributed by atoms with Crippen LogP contribution >= 0.6 is 0 Å². The number of sulfone groups is 1. The lowest BCUT2D eigenvalue weighted by atomic mass is 9.99. The molecule has 2 aromatic rings. The number of aromatic nitrogens is 1. The van der Waals surface area contributed by atoms with E-state index in [1.165, 1.54) is 12.4 Å². The van der Waals surface area contributed by atoms with Crippen LogP contribution in [0.15, 0.2) is 41.6 Å². The van der Waals surface area contributed by atoms with Crippen LogP contribution in [0.2, 0.25) is 0 Å². The van der Waals surface area contributed by atoms with Gasteiger partial charge in [-0.15, -0.1) is 0 Å². The second-order valence-electron chi connectivity index (χ2n) is 7.58. The summed E-state index contributed by atoms with van der Waals surface area (Å²) in [5.41, 5.74) is 2.75. The van der Waals surface area contributed by atoms with Crippen LogP contribution in [-0.2, 0) is 15.6 Å². The topological polar surface area (TPSA) is 67.3 Å². The summed E-state index contributed by atoms with van der Waals surface area (Å²) in [5, 5.41) is 0. The summed E-state index contributed by atoms with van der Waals surface area (Å²) in [4.78, 5) is 19.0. The van der Waals surface area contributed by atoms with Gasteiger partial charge in [-0.05, 0) is 55.9 Å². The van der Waals surface area contributed by atoms with Crippen LogP contribution < -0.4 is 0 Å². The van der Waals surface area contributed by atoms with Crippen LogP contribution in [0, 0.1) is 19.8 Å². The van der Waals surface area contributed by atoms with Gasteiger partial charge in [0.2, 0.25) is 0 Å². The molecule has 1 amide bonds. The van der Waals surface area contributed by atoms with Crippen LogP contribution in [0.3, 0.4) is 0 Å². The van der Waals surface area contributed by atoms with Crippen LogP contribution in [0.1, 0.15) is 46.8 Å². The third-order valence-corrected chi connectivity index (χ3v) is 6.98. The van der Waals surface area contributed by atoms with Crippen molar-refractivity contribution in [3.05, 3.63) is 58.9 Å². The molecule has 2 heterocycles. The monoisotopic (exact) mass is 386 g/mol. The molecule has 0 radical (unpaired) electrons. The number of piperidine rings is 1. The van der Waals surface area contributed by atoms with Gasteiger partial charge in [-0.1, -0.05) is 24.6 Å². The molecule has 0 N–H and O–H groups in total. The van der Waals surface area contributed by atoms with Crippen LogP contribution in [0.5, 0.6) is 0 Å². The lowest BCUT2D eigenvalue weighted by Crippen LogP contribution is -2.38. The quantitative estimate of drug-likeness (QED) is 0.806. The summed E-state index contributed by atoms with van der Waals surface area (Å²) >= 11 is 0. The molecule has 144 valence electrons. The van der Waals surface area contributed by atoms with Crippen molar-refractivity contribution < 1.29 is 13.2 Å². The Morgan fingerprint density at radius 1 is 1.15 bits per heavy atom. The highest BCUT2D eigenvalue weighted by Crippen LogP contribution is 2.22. The molecule has 3 rings (SSSR count). The molecule has 1 fully saturated rings. The predicted octanol–water partition coefficient (Wildman–Crippen LogP) is 3.54. The number of carbonyl (C=O) groups is 1. The summed E-state index contributed by atoms with van der Waals surface area (Å²) in [7, 11) is -3.50. The van der Waals surface area contributed by atoms with Gasteiger partial charge in [0.25, 0.3) is 5.91 Å². The van der Waals surface area contributed by atoms with Gasteiger partial charge in [0, 0.05) is 25.5 Å². The number of nitrogens with zero attached hydrogens (tertiary/aromatic N) is 2. The van der Waals surface area contributed by atoms with Crippen molar-refractivity contribution in [2.24, 2.45) is 5.92 Å². The fraction of sp³-hybridized carbons (Fsp3) is 0.429. The molecule has 1 saturated heterocycles. The van der Waals surface area contributed by atoms with Gasteiger partial charge in [-0.25, -0.2) is 8.42 Å². The third kappa shape index (κ3) is 4.56. The predicted molar refractivity (Wildman–Crippen MR) is 105 cm³/mol. The first-order valence-corrected chi connectivity index (χ1v) is 10.9. The molecule has 0 spiro atoms. The first kappa shape index (κ1) is 19.5. The van der Waals surface area contributed by atoms with Crippen molar-refractivity contribution in [3.63, 3.8) is 0 Å². The molecule has 27 heavy (non-hydrogen) atoms. The molecule has 0 aliphatic carbocycles. The van der Waals surface area contributed by atoms with E-state index in [0.717, 1.165) is 37.1 Å². The van der Waals surface area contributed by atoms with Crippen molar-refractivity contribution in [2.75, 3.05) is 13.1 Å². The fourth-order valence-corrected chi connectivity index (χ4v) is 5.10. The average molecular weight is 387 g/mol. The Morgan fingerprint density at radius 3 is 2.52 bits per heavy atom. The van der Waals surface area contributed by atoms with E-state index in [1.54, 1.807) is 25.1 Å². The SMILES string of the molecule is Cc1ccc(S(=O)(=O)Cc2cncc(C(=O)N3CCC(C)CC3)c2)c(C)c1. The molecule has 0 atom stereocenters. The van der Waals surface area contributed by atoms with Gasteiger partial charge in [0.15, 0.2) is 9.84 Å². The van der Waals surface area contributed by atoms with Crippen molar-refractivity contribution in [1.29, 1.82) is 0 Å². The minimum Gasteiger partial charge on any atom is -0.339 e. The molecule has 5 nitrogen and oxygen atoms in total. The summed E-state index contributed by atoms with van der Waals surface area (Å²) < 4.78 is 25.7. The minimum atomic E-state index is -3.50. The molecule has 0 saturated carbocycles. The highest BCUT2D eigenvalue weighted by Gasteiger charge is 2.23. The lowest BCUT2D eigenvalue weighted by Gasteiger charge is -2.30. The molecule has 1 aromatic heterocycles. The number of benzene rings is 1. The zero-order valence-electron chi connectivity index (χ0n) is 16.1. The number of hydrogen-bond donors (Lipinski definition) is 0. The maximum atomic E-state index is 12.8. The Morgan fingerprint density at radius 2 is 1.85 bits per heavy atom. The maximum absolute atomic E-state index is 12.8. The van der Waals surface area contributed by atoms with Crippen molar-refractivity contribution in [2.45, 2.75) is 44.3 Å². The summed E-state index contributed by atoms with van der Waals surface area (Å²) in [5.74, 6) is 0.406. The molecule has 0 bridgehead atoms. The molecular formula is C21H26N2O3S. The molecule has 1 aliphatic rings. The van der Waals surface area contributed by atoms with Crippen molar-refractivity contribution >= 4 is 15.7 Å². The Kier molecular flexibility index (Phi) is 5.65. The number of rotatable bonds is 4. The van der Waals surface area contributed by atoms with E-state index in [0.29, 0.717) is 21.9 Å². The number of pyridine rings is 1. The third-order valence-electron chi connectivity index (χ3n) is 5.13. The fourth-order valence-electron chi connectivity index (χ4n) is 3.52. The number of likely N-dealkylation sites (tertiary alicyclic amines) is 1. The van der Waals surface area contributed by atoms with Gasteiger partial charge in [0.1, 0.15) is 0 Å². The number of hydrogen-bond acceptors (Lipinski definition) is 4. The Balaban J connectivity index is 1.80. The first-order valence-electron chi connectivity index (χ1n) is 9.29. The molecular weight excluding hydrogens is 360 g/mol. The van der Waals surface area contributed by atoms with Gasteiger partial charge >= 0.3 is 0 Å². The number of amides is 1. The highest BCUT2D eigenvalue weighted by molar-refractivity contribution is 7.90. The number of aryl methyl sites for hydroxylation is 2. The maximum Gasteiger partial charge on any atom is 0.255 e. The first-order chi connectivity index (χ1) is 12.8. The van der Waals surface area contributed by atoms with E-state index in [2.05, 4.69) is 11.9 Å². The standard InChI is InChI=1S/C21H26N2O3S/c1-15-6-8-23(9-7-15)21(24)19-11-18(12-22-13-19)14-27(25,26)20-5-4-16(2)10-17(20)3/h4-5,10-13,15H,6-9,14H2,1-3H3. The summed E-state index contributed by atoms with van der Waals surface area (Å²) in [6.07, 6.45) is 5.05. The Bertz CT molecular complexity index is 946. The lowest BCUT2D eigenvalue weighted by molar-refractivity contribution is 0.0696. The largest absolute Gasteiger partial charge is 0.339 e. The number of carbonyl (C=O) groups excluding carboxylic acids is 1. The van der Waals surface area contributed by atoms with E-state index in [-0.39, 0.29) is 11.7 Å². The minimum absolute atomic E-state index is 0.0693. The zero-order chi connectivity index (χ0) is 19.6. The van der Waals surface area contributed by atoms with Crippen molar-refractivity contribution in [3.8, 4) is 0 Å². The van der Waals surface area contributed by atoms with E-state index in [9.17, 15) is 13.2 Å². The van der Waals surface area contributed by atoms with E-state index in [1.807, 2.05) is 17.9 Å². The average Bonchev–Trinajstić information content (AvgIpc) is 2.61. The Labute approximate surface area is 161 Å². The second kappa shape index (κ2) is 7.80. The highest BCUT2D eigenvalue weighted by atomic mass is 32.2. The van der Waals surface area contributed by atoms with Gasteiger partial charge < -0.3 is 4.90 Å². The molecule has 6 heteroatoms. The van der Waals surface area contributed by atoms with Gasteiger partial charge in [-0.2, -0.15) is 0 Å². The second-order valence-corrected chi connectivity index (χ2v) is 9.54. The molecule has 0 unspecified atom stereocenters. The summed E-state index contributed by atoms with van der Waals surface area (Å²) in [6.45, 7) is 7.41. The molecule has 1 aromatic carbocycles.